The van der Waals surface area contributed by atoms with Crippen molar-refractivity contribution in [2.75, 3.05) is 13.1 Å². The zero-order chi connectivity index (χ0) is 12.3. The number of nitrogens with zero attached hydrogens (tertiary/aromatic N) is 1. The van der Waals surface area contributed by atoms with Gasteiger partial charge in [-0.2, -0.15) is 0 Å². The molecular weight excluding hydrogens is 210 g/mol. The molecule has 100 valence electrons. The average Bonchev–Trinajstić information content (AvgIpc) is 2.57. The first-order valence-electron chi connectivity index (χ1n) is 7.51. The molecular formula is C15H29NO. The minimum Gasteiger partial charge on any atom is -0.391 e. The molecule has 2 fully saturated rings. The molecule has 0 aromatic heterocycles. The predicted molar refractivity (Wildman–Crippen MR) is 72.1 cm³/mol. The van der Waals surface area contributed by atoms with Crippen LogP contribution in [0.4, 0.5) is 0 Å². The summed E-state index contributed by atoms with van der Waals surface area (Å²) in [6.07, 6.45) is 9.93. The summed E-state index contributed by atoms with van der Waals surface area (Å²) < 4.78 is 0. The summed E-state index contributed by atoms with van der Waals surface area (Å²) in [6.45, 7) is 7.17. The van der Waals surface area contributed by atoms with Crippen molar-refractivity contribution in [3.63, 3.8) is 0 Å². The van der Waals surface area contributed by atoms with Crippen LogP contribution < -0.4 is 0 Å². The minimum atomic E-state index is -0.0706. The normalized spacial score (nSPS) is 36.2. The Hall–Kier alpha value is -0.0800. The SMILES string of the molecule is CC1(C)CCCN(C2CCCCCC2O)CC1. The van der Waals surface area contributed by atoms with Crippen LogP contribution in [-0.2, 0) is 0 Å². The van der Waals surface area contributed by atoms with Gasteiger partial charge < -0.3 is 5.11 Å². The lowest BCUT2D eigenvalue weighted by atomic mass is 9.85. The maximum atomic E-state index is 10.3. The molecule has 1 aliphatic heterocycles. The molecule has 1 N–H and O–H groups in total. The highest BCUT2D eigenvalue weighted by Gasteiger charge is 2.31. The van der Waals surface area contributed by atoms with Gasteiger partial charge in [0.25, 0.3) is 0 Å². The van der Waals surface area contributed by atoms with Crippen LogP contribution in [0.3, 0.4) is 0 Å². The number of rotatable bonds is 1. The van der Waals surface area contributed by atoms with Crippen molar-refractivity contribution < 1.29 is 5.11 Å². The van der Waals surface area contributed by atoms with Crippen molar-refractivity contribution in [1.29, 1.82) is 0 Å². The molecule has 0 spiro atoms. The van der Waals surface area contributed by atoms with Gasteiger partial charge in [-0.05, 0) is 50.6 Å². The Morgan fingerprint density at radius 3 is 2.53 bits per heavy atom. The first-order chi connectivity index (χ1) is 8.08. The first kappa shape index (κ1) is 13.4. The van der Waals surface area contributed by atoms with E-state index in [0.717, 1.165) is 6.42 Å². The molecule has 1 saturated carbocycles. The summed E-state index contributed by atoms with van der Waals surface area (Å²) in [7, 11) is 0. The number of hydrogen-bond acceptors (Lipinski definition) is 2. The second-order valence-corrected chi connectivity index (χ2v) is 6.83. The quantitative estimate of drug-likeness (QED) is 0.710. The van der Waals surface area contributed by atoms with Gasteiger partial charge in [-0.15, -0.1) is 0 Å². The van der Waals surface area contributed by atoms with Gasteiger partial charge in [0.15, 0.2) is 0 Å². The van der Waals surface area contributed by atoms with E-state index in [2.05, 4.69) is 18.7 Å². The van der Waals surface area contributed by atoms with Crippen molar-refractivity contribution in [2.24, 2.45) is 5.41 Å². The Morgan fingerprint density at radius 1 is 0.941 bits per heavy atom. The van der Waals surface area contributed by atoms with Gasteiger partial charge in [-0.1, -0.05) is 33.1 Å². The van der Waals surface area contributed by atoms with Crippen molar-refractivity contribution in [2.45, 2.75) is 77.4 Å². The van der Waals surface area contributed by atoms with Gasteiger partial charge in [0.1, 0.15) is 0 Å². The van der Waals surface area contributed by atoms with Gasteiger partial charge in [-0.3, -0.25) is 4.90 Å². The van der Waals surface area contributed by atoms with E-state index in [9.17, 15) is 5.11 Å². The van der Waals surface area contributed by atoms with E-state index in [1.807, 2.05) is 0 Å². The molecule has 1 saturated heterocycles. The fourth-order valence-electron chi connectivity index (χ4n) is 3.47. The third kappa shape index (κ3) is 3.69. The highest BCUT2D eigenvalue weighted by Crippen LogP contribution is 2.32. The van der Waals surface area contributed by atoms with E-state index in [0.29, 0.717) is 11.5 Å². The van der Waals surface area contributed by atoms with E-state index in [1.165, 1.54) is 58.0 Å². The molecule has 0 aromatic rings. The summed E-state index contributed by atoms with van der Waals surface area (Å²) in [6, 6.07) is 0.450. The molecule has 0 radical (unpaired) electrons. The minimum absolute atomic E-state index is 0.0706. The molecule has 0 aromatic carbocycles. The average molecular weight is 239 g/mol. The molecule has 2 unspecified atom stereocenters. The molecule has 0 bridgehead atoms. The Labute approximate surface area is 106 Å². The summed E-state index contributed by atoms with van der Waals surface area (Å²) in [5.41, 5.74) is 0.504. The van der Waals surface area contributed by atoms with E-state index < -0.39 is 0 Å². The lowest BCUT2D eigenvalue weighted by Gasteiger charge is -2.33. The monoisotopic (exact) mass is 239 g/mol. The Morgan fingerprint density at radius 2 is 1.71 bits per heavy atom. The van der Waals surface area contributed by atoms with E-state index in [4.69, 9.17) is 0 Å². The highest BCUT2D eigenvalue weighted by molar-refractivity contribution is 4.85. The standard InChI is InChI=1S/C15H29NO/c1-15(2)9-6-11-16(12-10-15)13-7-4-3-5-8-14(13)17/h13-14,17H,3-12H2,1-2H3. The van der Waals surface area contributed by atoms with E-state index in [1.54, 1.807) is 0 Å². The van der Waals surface area contributed by atoms with Crippen LogP contribution in [0.15, 0.2) is 0 Å². The van der Waals surface area contributed by atoms with Gasteiger partial charge in [0.2, 0.25) is 0 Å². The zero-order valence-electron chi connectivity index (χ0n) is 11.6. The second kappa shape index (κ2) is 5.71. The zero-order valence-corrected chi connectivity index (χ0v) is 11.6. The van der Waals surface area contributed by atoms with Crippen molar-refractivity contribution >= 4 is 0 Å². The molecule has 1 aliphatic carbocycles. The molecule has 2 nitrogen and oxygen atoms in total. The predicted octanol–water partition coefficient (Wildman–Crippen LogP) is 3.19. The van der Waals surface area contributed by atoms with Crippen LogP contribution in [0, 0.1) is 5.41 Å². The smallest absolute Gasteiger partial charge is 0.0695 e. The van der Waals surface area contributed by atoms with Crippen LogP contribution in [-0.4, -0.2) is 35.2 Å². The Balaban J connectivity index is 1.95. The number of aliphatic hydroxyl groups is 1. The first-order valence-corrected chi connectivity index (χ1v) is 7.51. The fraction of sp³-hybridized carbons (Fsp3) is 1.00. The van der Waals surface area contributed by atoms with Gasteiger partial charge in [0, 0.05) is 6.04 Å². The van der Waals surface area contributed by atoms with Crippen molar-refractivity contribution in [1.82, 2.24) is 4.90 Å². The van der Waals surface area contributed by atoms with Crippen LogP contribution >= 0.6 is 0 Å². The summed E-state index contributed by atoms with van der Waals surface area (Å²) >= 11 is 0. The molecule has 1 heterocycles. The van der Waals surface area contributed by atoms with Crippen LogP contribution in [0.25, 0.3) is 0 Å². The largest absolute Gasteiger partial charge is 0.391 e. The maximum absolute atomic E-state index is 10.3. The Kier molecular flexibility index (Phi) is 4.48. The lowest BCUT2D eigenvalue weighted by molar-refractivity contribution is 0.0443. The third-order valence-electron chi connectivity index (χ3n) is 4.79. The second-order valence-electron chi connectivity index (χ2n) is 6.83. The van der Waals surface area contributed by atoms with E-state index >= 15 is 0 Å². The lowest BCUT2D eigenvalue weighted by Crippen LogP contribution is -2.43. The molecule has 17 heavy (non-hydrogen) atoms. The van der Waals surface area contributed by atoms with Crippen LogP contribution in [0.2, 0.25) is 0 Å². The maximum Gasteiger partial charge on any atom is 0.0695 e. The Bertz CT molecular complexity index is 239. The van der Waals surface area contributed by atoms with Crippen LogP contribution in [0.1, 0.15) is 65.2 Å². The number of hydrogen-bond donors (Lipinski definition) is 1. The number of aliphatic hydroxyl groups excluding tert-OH is 1. The molecule has 2 aliphatic rings. The molecule has 2 heteroatoms. The number of likely N-dealkylation sites (tertiary alicyclic amines) is 1. The van der Waals surface area contributed by atoms with Crippen molar-refractivity contribution in [3.8, 4) is 0 Å². The van der Waals surface area contributed by atoms with Crippen molar-refractivity contribution in [3.05, 3.63) is 0 Å². The highest BCUT2D eigenvalue weighted by atomic mass is 16.3. The van der Waals surface area contributed by atoms with Crippen LogP contribution in [0.5, 0.6) is 0 Å². The van der Waals surface area contributed by atoms with Gasteiger partial charge in [0.05, 0.1) is 6.10 Å². The molecule has 2 rings (SSSR count). The fourth-order valence-corrected chi connectivity index (χ4v) is 3.47. The molecule has 2 atom stereocenters. The topological polar surface area (TPSA) is 23.5 Å². The summed E-state index contributed by atoms with van der Waals surface area (Å²) in [5.74, 6) is 0. The summed E-state index contributed by atoms with van der Waals surface area (Å²) in [4.78, 5) is 2.59. The van der Waals surface area contributed by atoms with Gasteiger partial charge in [-0.25, -0.2) is 0 Å². The summed E-state index contributed by atoms with van der Waals surface area (Å²) in [5, 5.41) is 10.3. The molecule has 0 amide bonds. The van der Waals surface area contributed by atoms with E-state index in [-0.39, 0.29) is 6.10 Å². The third-order valence-corrected chi connectivity index (χ3v) is 4.79. The van der Waals surface area contributed by atoms with Gasteiger partial charge >= 0.3 is 0 Å².